The highest BCUT2D eigenvalue weighted by atomic mass is 19.4. The highest BCUT2D eigenvalue weighted by Crippen LogP contribution is 2.34. The van der Waals surface area contributed by atoms with Crippen LogP contribution in [0.3, 0.4) is 0 Å². The second-order valence-electron chi connectivity index (χ2n) is 5.24. The summed E-state index contributed by atoms with van der Waals surface area (Å²) < 4.78 is 37.7. The number of anilines is 1. The van der Waals surface area contributed by atoms with Gasteiger partial charge < -0.3 is 5.73 Å². The first kappa shape index (κ1) is 15.6. The SMILES string of the molecule is Nc1cc(CN2CCC(C(F)(F)F)CC2)ccc1[N+](=O)[O-]. The van der Waals surface area contributed by atoms with Crippen molar-refractivity contribution in [1.29, 1.82) is 0 Å². The summed E-state index contributed by atoms with van der Waals surface area (Å²) in [5.74, 6) is -1.23. The van der Waals surface area contributed by atoms with Crippen LogP contribution in [0.15, 0.2) is 18.2 Å². The van der Waals surface area contributed by atoms with Gasteiger partial charge in [0.25, 0.3) is 5.69 Å². The van der Waals surface area contributed by atoms with Crippen LogP contribution in [0.5, 0.6) is 0 Å². The van der Waals surface area contributed by atoms with E-state index < -0.39 is 17.0 Å². The Morgan fingerprint density at radius 3 is 2.43 bits per heavy atom. The van der Waals surface area contributed by atoms with Gasteiger partial charge in [0.1, 0.15) is 5.69 Å². The van der Waals surface area contributed by atoms with Crippen LogP contribution in [0.1, 0.15) is 18.4 Å². The lowest BCUT2D eigenvalue weighted by Gasteiger charge is -2.32. The zero-order valence-corrected chi connectivity index (χ0v) is 11.3. The molecule has 0 aliphatic carbocycles. The minimum Gasteiger partial charge on any atom is -0.393 e. The molecule has 1 aromatic rings. The number of nitrogen functional groups attached to an aromatic ring is 1. The number of hydrogen-bond donors (Lipinski definition) is 1. The molecule has 0 atom stereocenters. The molecule has 2 rings (SSSR count). The molecule has 2 N–H and O–H groups in total. The molecule has 1 heterocycles. The van der Waals surface area contributed by atoms with Crippen molar-refractivity contribution in [2.24, 2.45) is 5.92 Å². The van der Waals surface area contributed by atoms with E-state index in [1.165, 1.54) is 12.1 Å². The molecule has 1 saturated heterocycles. The standard InChI is InChI=1S/C13H16F3N3O2/c14-13(15,16)10-3-5-18(6-4-10)8-9-1-2-12(19(20)21)11(17)7-9/h1-2,7,10H,3-6,8,17H2. The van der Waals surface area contributed by atoms with Crippen molar-refractivity contribution >= 4 is 11.4 Å². The van der Waals surface area contributed by atoms with Crippen molar-refractivity contribution < 1.29 is 18.1 Å². The first-order chi connectivity index (χ1) is 9.77. The van der Waals surface area contributed by atoms with E-state index in [2.05, 4.69) is 0 Å². The monoisotopic (exact) mass is 303 g/mol. The van der Waals surface area contributed by atoms with Gasteiger partial charge >= 0.3 is 6.18 Å². The normalized spacial score (nSPS) is 17.9. The van der Waals surface area contributed by atoms with Crippen molar-refractivity contribution in [3.63, 3.8) is 0 Å². The number of piperidine rings is 1. The summed E-state index contributed by atoms with van der Waals surface area (Å²) in [5.41, 5.74) is 6.28. The fraction of sp³-hybridized carbons (Fsp3) is 0.538. The highest BCUT2D eigenvalue weighted by Gasteiger charge is 2.40. The number of likely N-dealkylation sites (tertiary alicyclic amines) is 1. The first-order valence-electron chi connectivity index (χ1n) is 6.59. The molecule has 116 valence electrons. The Balaban J connectivity index is 1.95. The van der Waals surface area contributed by atoms with Crippen LogP contribution >= 0.6 is 0 Å². The third-order valence-electron chi connectivity index (χ3n) is 3.75. The van der Waals surface area contributed by atoms with E-state index in [-0.39, 0.29) is 24.2 Å². The third-order valence-corrected chi connectivity index (χ3v) is 3.75. The van der Waals surface area contributed by atoms with Crippen LogP contribution in [0.4, 0.5) is 24.5 Å². The Hall–Kier alpha value is -1.83. The first-order valence-corrected chi connectivity index (χ1v) is 6.59. The molecule has 0 saturated carbocycles. The Kier molecular flexibility index (Phi) is 4.36. The number of benzene rings is 1. The van der Waals surface area contributed by atoms with E-state index in [1.54, 1.807) is 6.07 Å². The summed E-state index contributed by atoms with van der Waals surface area (Å²) >= 11 is 0. The molecule has 0 spiro atoms. The van der Waals surface area contributed by atoms with Gasteiger partial charge in [-0.1, -0.05) is 6.07 Å². The largest absolute Gasteiger partial charge is 0.393 e. The van der Waals surface area contributed by atoms with E-state index in [4.69, 9.17) is 5.73 Å². The number of hydrogen-bond acceptors (Lipinski definition) is 4. The van der Waals surface area contributed by atoms with Gasteiger partial charge in [-0.05, 0) is 37.6 Å². The quantitative estimate of drug-likeness (QED) is 0.529. The van der Waals surface area contributed by atoms with E-state index in [0.717, 1.165) is 5.56 Å². The summed E-state index contributed by atoms with van der Waals surface area (Å²) in [6, 6.07) is 4.42. The summed E-state index contributed by atoms with van der Waals surface area (Å²) in [5, 5.41) is 10.7. The molecule has 0 amide bonds. The molecule has 0 unspecified atom stereocenters. The second kappa shape index (κ2) is 5.88. The number of alkyl halides is 3. The minimum atomic E-state index is -4.12. The lowest BCUT2D eigenvalue weighted by molar-refractivity contribution is -0.383. The summed E-state index contributed by atoms with van der Waals surface area (Å²) in [7, 11) is 0. The van der Waals surface area contributed by atoms with Crippen molar-refractivity contribution in [3.8, 4) is 0 Å². The van der Waals surface area contributed by atoms with Gasteiger partial charge in [0, 0.05) is 12.6 Å². The molecule has 0 aromatic heterocycles. The third kappa shape index (κ3) is 3.84. The van der Waals surface area contributed by atoms with Crippen LogP contribution in [0.2, 0.25) is 0 Å². The molecule has 1 aliphatic rings. The Morgan fingerprint density at radius 1 is 1.33 bits per heavy atom. The number of nitrogens with zero attached hydrogens (tertiary/aromatic N) is 2. The molecule has 1 aromatic carbocycles. The zero-order chi connectivity index (χ0) is 15.6. The maximum Gasteiger partial charge on any atom is 0.391 e. The summed E-state index contributed by atoms with van der Waals surface area (Å²) in [6.07, 6.45) is -3.94. The molecule has 8 heteroatoms. The number of nitro groups is 1. The van der Waals surface area contributed by atoms with Crippen LogP contribution < -0.4 is 5.73 Å². The number of nitro benzene ring substituents is 1. The topological polar surface area (TPSA) is 72.4 Å². The highest BCUT2D eigenvalue weighted by molar-refractivity contribution is 5.59. The van der Waals surface area contributed by atoms with Gasteiger partial charge in [0.2, 0.25) is 0 Å². The predicted molar refractivity (Wildman–Crippen MR) is 71.6 cm³/mol. The zero-order valence-electron chi connectivity index (χ0n) is 11.3. The van der Waals surface area contributed by atoms with E-state index in [1.807, 2.05) is 4.90 Å². The van der Waals surface area contributed by atoms with E-state index >= 15 is 0 Å². The Morgan fingerprint density at radius 2 is 1.95 bits per heavy atom. The Labute approximate surface area is 119 Å². The van der Waals surface area contributed by atoms with Crippen LogP contribution in [-0.2, 0) is 6.54 Å². The molecule has 0 radical (unpaired) electrons. The van der Waals surface area contributed by atoms with E-state index in [0.29, 0.717) is 19.6 Å². The fourth-order valence-corrected chi connectivity index (χ4v) is 2.55. The molecular weight excluding hydrogens is 287 g/mol. The van der Waals surface area contributed by atoms with Crippen molar-refractivity contribution in [3.05, 3.63) is 33.9 Å². The van der Waals surface area contributed by atoms with Gasteiger partial charge in [-0.25, -0.2) is 0 Å². The van der Waals surface area contributed by atoms with Gasteiger partial charge in [0.15, 0.2) is 0 Å². The molecule has 21 heavy (non-hydrogen) atoms. The average molecular weight is 303 g/mol. The molecule has 1 fully saturated rings. The van der Waals surface area contributed by atoms with Gasteiger partial charge in [-0.15, -0.1) is 0 Å². The fourth-order valence-electron chi connectivity index (χ4n) is 2.55. The second-order valence-corrected chi connectivity index (χ2v) is 5.24. The van der Waals surface area contributed by atoms with E-state index in [9.17, 15) is 23.3 Å². The Bertz CT molecular complexity index is 526. The van der Waals surface area contributed by atoms with Crippen molar-refractivity contribution in [2.45, 2.75) is 25.6 Å². The molecule has 1 aliphatic heterocycles. The van der Waals surface area contributed by atoms with Gasteiger partial charge in [0.05, 0.1) is 10.8 Å². The maximum absolute atomic E-state index is 12.6. The minimum absolute atomic E-state index is 0.0719. The van der Waals surface area contributed by atoms with Gasteiger partial charge in [-0.2, -0.15) is 13.2 Å². The van der Waals surface area contributed by atoms with Crippen LogP contribution in [0.25, 0.3) is 0 Å². The lowest BCUT2D eigenvalue weighted by Crippen LogP contribution is -2.38. The van der Waals surface area contributed by atoms with Crippen LogP contribution in [0, 0.1) is 16.0 Å². The summed E-state index contributed by atoms with van der Waals surface area (Å²) in [6.45, 7) is 1.18. The summed E-state index contributed by atoms with van der Waals surface area (Å²) in [4.78, 5) is 12.0. The molecule has 5 nitrogen and oxygen atoms in total. The number of rotatable bonds is 3. The maximum atomic E-state index is 12.6. The number of halogens is 3. The van der Waals surface area contributed by atoms with Gasteiger partial charge in [-0.3, -0.25) is 15.0 Å². The molecule has 0 bridgehead atoms. The molecular formula is C13H16F3N3O2. The van der Waals surface area contributed by atoms with Crippen LogP contribution in [-0.4, -0.2) is 29.1 Å². The lowest BCUT2D eigenvalue weighted by atomic mass is 9.96. The average Bonchev–Trinajstić information content (AvgIpc) is 2.38. The predicted octanol–water partition coefficient (Wildman–Crippen LogP) is 2.95. The smallest absolute Gasteiger partial charge is 0.391 e. The van der Waals surface area contributed by atoms with Crippen molar-refractivity contribution in [2.75, 3.05) is 18.8 Å². The number of nitrogens with two attached hydrogens (primary N) is 1. The van der Waals surface area contributed by atoms with Crippen molar-refractivity contribution in [1.82, 2.24) is 4.90 Å².